The van der Waals surface area contributed by atoms with Gasteiger partial charge < -0.3 is 30.1 Å². The van der Waals surface area contributed by atoms with Gasteiger partial charge in [-0.05, 0) is 24.4 Å². The van der Waals surface area contributed by atoms with Gasteiger partial charge in [0.1, 0.15) is 28.4 Å². The number of rotatable bonds is 18. The first-order chi connectivity index (χ1) is 20.2. The summed E-state index contributed by atoms with van der Waals surface area (Å²) in [5.74, 6) is -2.56. The van der Waals surface area contributed by atoms with Crippen molar-refractivity contribution >= 4 is 36.5 Å². The average molecular weight is 639 g/mol. The van der Waals surface area contributed by atoms with E-state index in [0.29, 0.717) is 17.0 Å². The topological polar surface area (TPSA) is 158 Å². The van der Waals surface area contributed by atoms with E-state index in [4.69, 9.17) is 4.74 Å². The Morgan fingerprint density at radius 1 is 1.14 bits per heavy atom. The van der Waals surface area contributed by atoms with Crippen LogP contribution < -0.4 is 10.6 Å². The highest BCUT2D eigenvalue weighted by molar-refractivity contribution is 7.52. The Labute approximate surface area is 259 Å². The van der Waals surface area contributed by atoms with Crippen LogP contribution in [0.5, 0.6) is 0 Å². The van der Waals surface area contributed by atoms with Crippen LogP contribution in [0.3, 0.4) is 0 Å². The fourth-order valence-electron chi connectivity index (χ4n) is 5.01. The van der Waals surface area contributed by atoms with E-state index < -0.39 is 31.3 Å². The summed E-state index contributed by atoms with van der Waals surface area (Å²) in [6, 6.07) is 8.54. The van der Waals surface area contributed by atoms with Crippen LogP contribution in [-0.4, -0.2) is 76.8 Å². The van der Waals surface area contributed by atoms with Crippen LogP contribution in [0.25, 0.3) is 0 Å². The van der Waals surface area contributed by atoms with Gasteiger partial charge in [0.05, 0.1) is 6.54 Å². The number of nitrogens with one attached hydrogen (secondary N) is 2. The normalized spacial score (nSPS) is 15.4. The number of methoxy groups -OCH3 is 1. The number of hydrogen-bond acceptors (Lipinski definition) is 8. The Hall–Kier alpha value is -2.47. The number of ether oxygens (including phenoxy) is 1. The Morgan fingerprint density at radius 3 is 2.33 bits per heavy atom. The van der Waals surface area contributed by atoms with E-state index in [0.717, 1.165) is 6.42 Å². The zero-order valence-electron chi connectivity index (χ0n) is 26.1. The van der Waals surface area contributed by atoms with E-state index in [1.54, 1.807) is 49.3 Å². The van der Waals surface area contributed by atoms with Crippen LogP contribution in [0, 0.1) is 17.8 Å². The molecule has 1 aromatic carbocycles. The van der Waals surface area contributed by atoms with E-state index in [1.807, 2.05) is 27.7 Å². The number of ketones is 1. The molecular weight excluding hydrogens is 591 g/mol. The number of amides is 2. The number of benzene rings is 1. The predicted octanol–water partition coefficient (Wildman–Crippen LogP) is 4.02. The lowest BCUT2D eigenvalue weighted by molar-refractivity contribution is -0.142. The maximum absolute atomic E-state index is 13.7. The van der Waals surface area contributed by atoms with E-state index >= 15 is 0 Å². The molecule has 0 radical (unpaired) electrons. The molecule has 0 aliphatic heterocycles. The molecule has 5 atom stereocenters. The molecule has 0 aliphatic carbocycles. The molecule has 0 fully saturated rings. The third-order valence-corrected chi connectivity index (χ3v) is 9.89. The second kappa shape index (κ2) is 17.1. The van der Waals surface area contributed by atoms with Gasteiger partial charge in [0.25, 0.3) is 5.91 Å². The summed E-state index contributed by atoms with van der Waals surface area (Å²) >= 11 is 1.21. The van der Waals surface area contributed by atoms with Crippen molar-refractivity contribution in [1.82, 2.24) is 20.5 Å². The molecule has 43 heavy (non-hydrogen) atoms. The lowest BCUT2D eigenvalue weighted by Gasteiger charge is -2.36. The SMILES string of the molecule is CCC(C)[C@H](CC(=O)CNC)C(=O)N(C)[C@H](CC(OC)c1nc(C(=O)N[C@@H](Cc2ccccc2)P(=O)(O)O)cs1)C(C)C. The van der Waals surface area contributed by atoms with E-state index in [9.17, 15) is 28.7 Å². The standard InChI is InChI=1S/C30H47N4O7PS/c1-8-20(4)23(15-22(35)17-31-5)30(37)34(6)25(19(2)3)16-26(41-7)29-32-24(18-43-29)28(36)33-27(42(38,39)40)14-21-12-10-9-11-13-21/h9-13,18-20,23,25-27,31H,8,14-17H2,1-7H3,(H,33,36)(H2,38,39,40)/t20?,23-,25+,26?,27+/m0/s1. The van der Waals surface area contributed by atoms with Gasteiger partial charge in [-0.25, -0.2) is 4.98 Å². The van der Waals surface area contributed by atoms with Gasteiger partial charge >= 0.3 is 7.60 Å². The van der Waals surface area contributed by atoms with Gasteiger partial charge in [-0.3, -0.25) is 18.9 Å². The van der Waals surface area contributed by atoms with Crippen LogP contribution in [0.1, 0.15) is 74.1 Å². The zero-order chi connectivity index (χ0) is 32.3. The molecule has 2 aromatic rings. The smallest absolute Gasteiger partial charge is 0.347 e. The number of likely N-dealkylation sites (N-methyl/N-ethyl adjacent to an activating group) is 1. The molecule has 13 heteroatoms. The number of thiazole rings is 1. The summed E-state index contributed by atoms with van der Waals surface area (Å²) in [7, 11) is 0.340. The summed E-state index contributed by atoms with van der Waals surface area (Å²) in [6.45, 7) is 8.24. The minimum absolute atomic E-state index is 0.0104. The highest BCUT2D eigenvalue weighted by Gasteiger charge is 2.35. The number of hydrogen-bond donors (Lipinski definition) is 4. The van der Waals surface area contributed by atoms with Crippen molar-refractivity contribution < 1.29 is 33.5 Å². The van der Waals surface area contributed by atoms with Crippen LogP contribution >= 0.6 is 18.9 Å². The van der Waals surface area contributed by atoms with Crippen molar-refractivity contribution in [2.24, 2.45) is 17.8 Å². The van der Waals surface area contributed by atoms with Crippen LogP contribution in [0.15, 0.2) is 35.7 Å². The Bertz CT molecular complexity index is 1240. The molecule has 0 bridgehead atoms. The van der Waals surface area contributed by atoms with E-state index in [2.05, 4.69) is 15.6 Å². The largest absolute Gasteiger partial charge is 0.374 e. The lowest BCUT2D eigenvalue weighted by Crippen LogP contribution is -2.46. The first kappa shape index (κ1) is 36.7. The number of nitrogens with zero attached hydrogens (tertiary/aromatic N) is 2. The summed E-state index contributed by atoms with van der Waals surface area (Å²) in [5.41, 5.74) is 0.703. The van der Waals surface area contributed by atoms with Crippen LogP contribution in [0.4, 0.5) is 0 Å². The highest BCUT2D eigenvalue weighted by Crippen LogP contribution is 2.41. The number of carbonyl (C=O) groups is 3. The summed E-state index contributed by atoms with van der Waals surface area (Å²) in [4.78, 5) is 65.1. The van der Waals surface area contributed by atoms with Gasteiger partial charge in [0.15, 0.2) is 0 Å². The van der Waals surface area contributed by atoms with Crippen LogP contribution in [-0.2, 0) is 25.3 Å². The quantitative estimate of drug-likeness (QED) is 0.177. The Kier molecular flexibility index (Phi) is 14.6. The molecular formula is C30H47N4O7PS. The van der Waals surface area contributed by atoms with Gasteiger partial charge in [0.2, 0.25) is 5.91 Å². The second-order valence-corrected chi connectivity index (χ2v) is 14.0. The van der Waals surface area contributed by atoms with Gasteiger partial charge in [-0.1, -0.05) is 64.4 Å². The van der Waals surface area contributed by atoms with Crippen LogP contribution in [0.2, 0.25) is 0 Å². The molecule has 2 rings (SSSR count). The predicted molar refractivity (Wildman–Crippen MR) is 168 cm³/mol. The van der Waals surface area contributed by atoms with Crippen molar-refractivity contribution in [3.8, 4) is 0 Å². The van der Waals surface area contributed by atoms with Crippen molar-refractivity contribution in [3.63, 3.8) is 0 Å². The molecule has 4 N–H and O–H groups in total. The molecule has 0 saturated heterocycles. The second-order valence-electron chi connectivity index (χ2n) is 11.3. The third-order valence-electron chi connectivity index (χ3n) is 7.83. The first-order valence-electron chi connectivity index (χ1n) is 14.5. The molecule has 2 unspecified atom stereocenters. The summed E-state index contributed by atoms with van der Waals surface area (Å²) < 4.78 is 17.9. The highest BCUT2D eigenvalue weighted by atomic mass is 32.1. The molecule has 1 aromatic heterocycles. The monoisotopic (exact) mass is 638 g/mol. The molecule has 1 heterocycles. The molecule has 0 spiro atoms. The minimum Gasteiger partial charge on any atom is -0.374 e. The van der Waals surface area contributed by atoms with Gasteiger partial charge in [-0.2, -0.15) is 0 Å². The molecule has 0 saturated carbocycles. The van der Waals surface area contributed by atoms with Gasteiger partial charge in [-0.15, -0.1) is 11.3 Å². The third kappa shape index (κ3) is 10.9. The first-order valence-corrected chi connectivity index (χ1v) is 17.1. The number of aromatic nitrogens is 1. The maximum Gasteiger partial charge on any atom is 0.347 e. The summed E-state index contributed by atoms with van der Waals surface area (Å²) in [6.07, 6.45) is 0.763. The maximum atomic E-state index is 13.7. The minimum atomic E-state index is -4.66. The van der Waals surface area contributed by atoms with Gasteiger partial charge in [0, 0.05) is 50.8 Å². The van der Waals surface area contributed by atoms with E-state index in [1.165, 1.54) is 23.8 Å². The molecule has 240 valence electrons. The number of Topliss-reactive ketones (excluding diaryl/α,β-unsaturated/α-hetero) is 1. The molecule has 0 aliphatic rings. The van der Waals surface area contributed by atoms with E-state index in [-0.39, 0.29) is 54.6 Å². The fourth-order valence-corrected chi connectivity index (χ4v) is 6.63. The van der Waals surface area contributed by atoms with Crippen molar-refractivity contribution in [3.05, 3.63) is 52.0 Å². The Balaban J connectivity index is 2.21. The molecule has 2 amide bonds. The van der Waals surface area contributed by atoms with Crippen molar-refractivity contribution in [2.75, 3.05) is 27.7 Å². The average Bonchev–Trinajstić information content (AvgIpc) is 3.45. The summed E-state index contributed by atoms with van der Waals surface area (Å²) in [5, 5.41) is 7.36. The number of carbonyl (C=O) groups excluding carboxylic acids is 3. The zero-order valence-corrected chi connectivity index (χ0v) is 27.9. The van der Waals surface area contributed by atoms with Crippen molar-refractivity contribution in [1.29, 1.82) is 0 Å². The Morgan fingerprint density at radius 2 is 1.79 bits per heavy atom. The van der Waals surface area contributed by atoms with Crippen molar-refractivity contribution in [2.45, 2.75) is 71.3 Å². The lowest BCUT2D eigenvalue weighted by atomic mass is 9.85. The fraction of sp³-hybridized carbons (Fsp3) is 0.600. The molecule has 11 nitrogen and oxygen atoms in total.